The van der Waals surface area contributed by atoms with Crippen LogP contribution in [0.2, 0.25) is 0 Å². The number of amides is 2. The number of nitrogens with zero attached hydrogens (tertiary/aromatic N) is 4. The van der Waals surface area contributed by atoms with Crippen LogP contribution in [-0.2, 0) is 15.1 Å². The topological polar surface area (TPSA) is 162 Å². The number of likely N-dealkylation sites (tertiary alicyclic amines) is 2. The van der Waals surface area contributed by atoms with Crippen LogP contribution in [0.4, 0.5) is 19.3 Å². The summed E-state index contributed by atoms with van der Waals surface area (Å²) in [5.74, 6) is -1.44. The van der Waals surface area contributed by atoms with Gasteiger partial charge in [0.1, 0.15) is 41.1 Å². The molecule has 4 N–H and O–H groups in total. The Balaban J connectivity index is 0.942. The highest BCUT2D eigenvalue weighted by Gasteiger charge is 2.30. The summed E-state index contributed by atoms with van der Waals surface area (Å²) in [4.78, 5) is 41.9. The normalized spacial score (nSPS) is 16.4. The molecule has 15 heteroatoms. The minimum absolute atomic E-state index is 0.0210. The second-order valence-corrected chi connectivity index (χ2v) is 17.8. The van der Waals surface area contributed by atoms with Crippen LogP contribution in [0, 0.1) is 18.6 Å². The summed E-state index contributed by atoms with van der Waals surface area (Å²) in [7, 11) is 0. The van der Waals surface area contributed by atoms with Gasteiger partial charge in [0.15, 0.2) is 0 Å². The van der Waals surface area contributed by atoms with Crippen LogP contribution in [0.3, 0.4) is 0 Å². The molecule has 4 heterocycles. The van der Waals surface area contributed by atoms with Gasteiger partial charge in [-0.05, 0) is 139 Å². The molecule has 2 aliphatic rings. The van der Waals surface area contributed by atoms with Crippen LogP contribution in [0.5, 0.6) is 5.75 Å². The number of nitrogens with one attached hydrogen (secondary N) is 2. The van der Waals surface area contributed by atoms with E-state index >= 15 is 4.39 Å². The Hall–Kier alpha value is -5.48. The summed E-state index contributed by atoms with van der Waals surface area (Å²) in [5, 5.41) is 23.7. The first-order valence-electron chi connectivity index (χ1n) is 21.2. The fourth-order valence-electron chi connectivity index (χ4n) is 7.95. The van der Waals surface area contributed by atoms with Gasteiger partial charge in [-0.3, -0.25) is 4.79 Å². The molecule has 1 unspecified atom stereocenters. The highest BCUT2D eigenvalue weighted by atomic mass is 19.1. The fraction of sp³-hybridized carbons (Fsp3) is 0.447. The molecule has 2 saturated heterocycles. The van der Waals surface area contributed by atoms with Gasteiger partial charge in [0.25, 0.3) is 5.91 Å². The number of carbonyl (C=O) groups excluding carboxylic acids is 2. The smallest absolute Gasteiger partial charge is 0.410 e. The summed E-state index contributed by atoms with van der Waals surface area (Å²) < 4.78 is 48.3. The SMILES string of the molecule is Cc1c(NC(=O)c2ccc(C(C)(C)O)cc2F)cc(F)cc1-c1ncnc2[nH]c(-c3ccc(OC4CCN(CC(CO)OC5CCN(C(=O)OC(C)(C)C)CC5)CC4)cc3)cc12. The number of aromatic nitrogens is 3. The first-order valence-corrected chi connectivity index (χ1v) is 21.2. The molecule has 0 saturated carbocycles. The maximum atomic E-state index is 15.2. The quantitative estimate of drug-likeness (QED) is 0.0969. The second kappa shape index (κ2) is 18.5. The van der Waals surface area contributed by atoms with Gasteiger partial charge >= 0.3 is 6.09 Å². The molecule has 0 bridgehead atoms. The molecule has 0 spiro atoms. The monoisotopic (exact) mass is 854 g/mol. The number of aliphatic hydroxyl groups is 2. The summed E-state index contributed by atoms with van der Waals surface area (Å²) in [6, 6.07) is 16.1. The van der Waals surface area contributed by atoms with E-state index in [1.807, 2.05) is 51.1 Å². The molecule has 330 valence electrons. The van der Waals surface area contributed by atoms with E-state index in [-0.39, 0.29) is 42.3 Å². The largest absolute Gasteiger partial charge is 0.490 e. The lowest BCUT2D eigenvalue weighted by Crippen LogP contribution is -2.47. The van der Waals surface area contributed by atoms with Crippen LogP contribution in [0.25, 0.3) is 33.5 Å². The molecule has 3 aromatic carbocycles. The molecular weight excluding hydrogens is 799 g/mol. The Bertz CT molecular complexity index is 2380. The molecular formula is C47H56F2N6O7. The van der Waals surface area contributed by atoms with Crippen molar-refractivity contribution in [1.82, 2.24) is 24.8 Å². The van der Waals surface area contributed by atoms with Gasteiger partial charge in [0.2, 0.25) is 0 Å². The molecule has 2 aliphatic heterocycles. The number of aliphatic hydroxyl groups excluding tert-OH is 1. The number of anilines is 1. The van der Waals surface area contributed by atoms with Crippen molar-refractivity contribution < 1.29 is 42.8 Å². The highest BCUT2D eigenvalue weighted by Crippen LogP contribution is 2.36. The van der Waals surface area contributed by atoms with Crippen molar-refractivity contribution >= 4 is 28.7 Å². The molecule has 1 atom stereocenters. The Labute approximate surface area is 360 Å². The van der Waals surface area contributed by atoms with E-state index in [1.165, 1.54) is 44.4 Å². The highest BCUT2D eigenvalue weighted by molar-refractivity contribution is 6.06. The summed E-state index contributed by atoms with van der Waals surface area (Å²) in [6.45, 7) is 13.6. The van der Waals surface area contributed by atoms with Gasteiger partial charge in [-0.25, -0.2) is 23.5 Å². The number of piperidine rings is 2. The third kappa shape index (κ3) is 10.8. The number of fused-ring (bicyclic) bond motifs is 1. The average molecular weight is 855 g/mol. The molecule has 13 nitrogen and oxygen atoms in total. The van der Waals surface area contributed by atoms with Gasteiger partial charge in [-0.2, -0.15) is 0 Å². The molecule has 0 aliphatic carbocycles. The first kappa shape index (κ1) is 44.6. The average Bonchev–Trinajstić information content (AvgIpc) is 3.67. The molecule has 62 heavy (non-hydrogen) atoms. The maximum absolute atomic E-state index is 15.2. The van der Waals surface area contributed by atoms with Crippen molar-refractivity contribution in [3.63, 3.8) is 0 Å². The van der Waals surface area contributed by atoms with Crippen molar-refractivity contribution in [3.05, 3.63) is 95.3 Å². The Morgan fingerprint density at radius 2 is 1.61 bits per heavy atom. The van der Waals surface area contributed by atoms with Crippen LogP contribution in [0.15, 0.2) is 67.0 Å². The second-order valence-electron chi connectivity index (χ2n) is 17.8. The predicted molar refractivity (Wildman–Crippen MR) is 232 cm³/mol. The van der Waals surface area contributed by atoms with E-state index < -0.39 is 28.7 Å². The van der Waals surface area contributed by atoms with E-state index in [1.54, 1.807) is 11.8 Å². The molecule has 7 rings (SSSR count). The van der Waals surface area contributed by atoms with Crippen LogP contribution in [-0.4, -0.2) is 110 Å². The minimum Gasteiger partial charge on any atom is -0.490 e. The third-order valence-electron chi connectivity index (χ3n) is 11.4. The van der Waals surface area contributed by atoms with Gasteiger partial charge in [-0.1, -0.05) is 6.07 Å². The first-order chi connectivity index (χ1) is 29.4. The number of benzene rings is 3. The number of ether oxygens (including phenoxy) is 3. The number of H-pyrrole nitrogens is 1. The van der Waals surface area contributed by atoms with E-state index in [2.05, 4.69) is 25.2 Å². The van der Waals surface area contributed by atoms with Gasteiger partial charge in [0, 0.05) is 55.1 Å². The van der Waals surface area contributed by atoms with E-state index in [0.29, 0.717) is 65.9 Å². The van der Waals surface area contributed by atoms with Crippen molar-refractivity contribution in [2.75, 3.05) is 44.6 Å². The lowest BCUT2D eigenvalue weighted by molar-refractivity contribution is -0.0778. The van der Waals surface area contributed by atoms with E-state index in [9.17, 15) is 24.2 Å². The van der Waals surface area contributed by atoms with E-state index in [0.717, 1.165) is 49.0 Å². The van der Waals surface area contributed by atoms with Crippen molar-refractivity contribution in [2.45, 2.75) is 96.7 Å². The number of carbonyl (C=O) groups is 2. The molecule has 0 radical (unpaired) electrons. The van der Waals surface area contributed by atoms with Crippen molar-refractivity contribution in [3.8, 4) is 28.3 Å². The van der Waals surface area contributed by atoms with Crippen LogP contribution < -0.4 is 10.1 Å². The van der Waals surface area contributed by atoms with Crippen molar-refractivity contribution in [2.24, 2.45) is 0 Å². The van der Waals surface area contributed by atoms with Gasteiger partial charge in [0.05, 0.1) is 35.7 Å². The summed E-state index contributed by atoms with van der Waals surface area (Å²) in [6.07, 6.45) is 3.85. The zero-order valence-electron chi connectivity index (χ0n) is 36.1. The molecule has 2 aromatic heterocycles. The zero-order valence-corrected chi connectivity index (χ0v) is 36.1. The van der Waals surface area contributed by atoms with Gasteiger partial charge in [-0.15, -0.1) is 0 Å². The third-order valence-corrected chi connectivity index (χ3v) is 11.4. The van der Waals surface area contributed by atoms with Crippen molar-refractivity contribution in [1.29, 1.82) is 0 Å². The molecule has 2 fully saturated rings. The standard InChI is InChI=1S/C47H56F2N6O7/c1-28-37(22-31(48)23-40(28)53-44(57)36-12-9-30(21-39(36)49)47(5,6)59)42-38-24-41(52-43(38)51-27-50-42)29-7-10-32(11-8-29)60-33-13-17-54(18-14-33)25-35(26-56)61-34-15-19-55(20-16-34)45(58)62-46(2,3)4/h7-12,21-24,27,33-35,56,59H,13-20,25-26H2,1-6H3,(H,53,57)(H,50,51,52). The lowest BCUT2D eigenvalue weighted by Gasteiger charge is -2.37. The summed E-state index contributed by atoms with van der Waals surface area (Å²) in [5.41, 5.74) is 2.00. The maximum Gasteiger partial charge on any atom is 0.410 e. The zero-order chi connectivity index (χ0) is 44.3. The predicted octanol–water partition coefficient (Wildman–Crippen LogP) is 7.98. The number of halogens is 2. The van der Waals surface area contributed by atoms with Gasteiger partial charge < -0.3 is 44.5 Å². The Kier molecular flexibility index (Phi) is 13.3. The van der Waals surface area contributed by atoms with Crippen LogP contribution >= 0.6 is 0 Å². The number of aromatic amines is 1. The molecule has 2 amide bonds. The fourth-order valence-corrected chi connectivity index (χ4v) is 7.95. The summed E-state index contributed by atoms with van der Waals surface area (Å²) >= 11 is 0. The van der Waals surface area contributed by atoms with E-state index in [4.69, 9.17) is 14.2 Å². The van der Waals surface area contributed by atoms with Crippen LogP contribution in [0.1, 0.15) is 81.8 Å². The minimum atomic E-state index is -1.29. The number of hydrogen-bond donors (Lipinski definition) is 4. The Morgan fingerprint density at radius 1 is 0.919 bits per heavy atom. The number of rotatable bonds is 12. The Morgan fingerprint density at radius 3 is 2.26 bits per heavy atom. The lowest BCUT2D eigenvalue weighted by atomic mass is 9.96. The number of hydrogen-bond acceptors (Lipinski definition) is 10. The molecule has 5 aromatic rings.